The molecule has 0 aliphatic rings. The molecule has 0 amide bonds. The van der Waals surface area contributed by atoms with Crippen molar-refractivity contribution < 1.29 is 10.0 Å². The van der Waals surface area contributed by atoms with E-state index in [2.05, 4.69) is 5.32 Å². The Morgan fingerprint density at radius 2 is 1.61 bits per heavy atom. The van der Waals surface area contributed by atoms with Gasteiger partial charge in [-0.15, -0.1) is 0 Å². The second kappa shape index (κ2) is 6.19. The fourth-order valence-corrected chi connectivity index (χ4v) is 2.37. The Kier molecular flexibility index (Phi) is 3.93. The summed E-state index contributed by atoms with van der Waals surface area (Å²) in [6.07, 6.45) is 0. The first-order valence-electron chi connectivity index (χ1n) is 7.04. The Morgan fingerprint density at radius 3 is 2.30 bits per heavy atom. The zero-order valence-electron chi connectivity index (χ0n) is 12.1. The maximum absolute atomic E-state index is 10.8. The van der Waals surface area contributed by atoms with E-state index in [0.717, 1.165) is 16.8 Å². The summed E-state index contributed by atoms with van der Waals surface area (Å²) in [5, 5.41) is 23.7. The van der Waals surface area contributed by atoms with Crippen LogP contribution in [0, 0.1) is 10.1 Å². The molecule has 0 fully saturated rings. The van der Waals surface area contributed by atoms with Gasteiger partial charge in [-0.2, -0.15) is 0 Å². The van der Waals surface area contributed by atoms with Crippen molar-refractivity contribution in [1.29, 1.82) is 0 Å². The lowest BCUT2D eigenvalue weighted by molar-refractivity contribution is -0.385. The number of benzene rings is 3. The maximum Gasteiger partial charge on any atom is 0.310 e. The minimum Gasteiger partial charge on any atom is -0.502 e. The first-order chi connectivity index (χ1) is 11.1. The van der Waals surface area contributed by atoms with Crippen LogP contribution in [-0.2, 0) is 0 Å². The Morgan fingerprint density at radius 1 is 0.913 bits per heavy atom. The largest absolute Gasteiger partial charge is 0.502 e. The average Bonchev–Trinajstić information content (AvgIpc) is 2.56. The number of aromatic hydroxyl groups is 1. The summed E-state index contributed by atoms with van der Waals surface area (Å²) in [5.41, 5.74) is 3.18. The van der Waals surface area contributed by atoms with Crippen LogP contribution in [0.1, 0.15) is 0 Å². The predicted octanol–water partition coefficient (Wildman–Crippen LogP) is 4.71. The van der Waals surface area contributed by atoms with Crippen LogP contribution in [0.25, 0.3) is 11.1 Å². The van der Waals surface area contributed by atoms with E-state index >= 15 is 0 Å². The number of nitro benzene ring substituents is 1. The van der Waals surface area contributed by atoms with Crippen LogP contribution in [0.3, 0.4) is 0 Å². The van der Waals surface area contributed by atoms with Crippen LogP contribution in [0.4, 0.5) is 17.1 Å². The smallest absolute Gasteiger partial charge is 0.310 e. The molecule has 0 atom stereocenters. The van der Waals surface area contributed by atoms with E-state index in [1.807, 2.05) is 54.6 Å². The molecule has 5 nitrogen and oxygen atoms in total. The van der Waals surface area contributed by atoms with Gasteiger partial charge in [-0.05, 0) is 17.7 Å². The number of anilines is 2. The number of phenolic OH excluding ortho intramolecular Hbond substituents is 1. The van der Waals surface area contributed by atoms with Crippen molar-refractivity contribution in [3.05, 3.63) is 82.9 Å². The van der Waals surface area contributed by atoms with Crippen LogP contribution in [0.2, 0.25) is 0 Å². The van der Waals surface area contributed by atoms with E-state index in [4.69, 9.17) is 0 Å². The lowest BCUT2D eigenvalue weighted by Gasteiger charge is -2.12. The van der Waals surface area contributed by atoms with E-state index in [1.54, 1.807) is 6.07 Å². The molecule has 0 saturated carbocycles. The summed E-state index contributed by atoms with van der Waals surface area (Å²) in [7, 11) is 0. The standard InChI is InChI=1S/C18H14N2O3/c21-18-12-14(10-11-17(18)20(22)23)19-16-9-5-4-8-15(16)13-6-2-1-3-7-13/h1-12,19,21H. The molecular weight excluding hydrogens is 292 g/mol. The van der Waals surface area contributed by atoms with Crippen molar-refractivity contribution in [2.45, 2.75) is 0 Å². The third kappa shape index (κ3) is 3.13. The fourth-order valence-electron chi connectivity index (χ4n) is 2.37. The summed E-state index contributed by atoms with van der Waals surface area (Å²) in [6, 6.07) is 21.8. The highest BCUT2D eigenvalue weighted by molar-refractivity contribution is 5.81. The van der Waals surface area contributed by atoms with Crippen molar-refractivity contribution in [3.8, 4) is 16.9 Å². The van der Waals surface area contributed by atoms with Crippen molar-refractivity contribution in [3.63, 3.8) is 0 Å². The Bertz CT molecular complexity index is 848. The molecule has 5 heteroatoms. The molecule has 3 aromatic carbocycles. The molecule has 0 aliphatic heterocycles. The van der Waals surface area contributed by atoms with Gasteiger partial charge in [0.05, 0.1) is 4.92 Å². The molecule has 0 heterocycles. The van der Waals surface area contributed by atoms with Gasteiger partial charge in [-0.25, -0.2) is 0 Å². The highest BCUT2D eigenvalue weighted by Crippen LogP contribution is 2.33. The molecule has 0 aliphatic carbocycles. The van der Waals surface area contributed by atoms with Gasteiger partial charge in [0.25, 0.3) is 0 Å². The molecule has 3 rings (SSSR count). The normalized spacial score (nSPS) is 10.3. The topological polar surface area (TPSA) is 75.4 Å². The quantitative estimate of drug-likeness (QED) is 0.540. The molecular formula is C18H14N2O3. The Labute approximate surface area is 133 Å². The predicted molar refractivity (Wildman–Crippen MR) is 89.9 cm³/mol. The van der Waals surface area contributed by atoms with Gasteiger partial charge in [0.2, 0.25) is 0 Å². The molecule has 2 N–H and O–H groups in total. The summed E-state index contributed by atoms with van der Waals surface area (Å²) < 4.78 is 0. The van der Waals surface area contributed by atoms with Gasteiger partial charge in [0.1, 0.15) is 0 Å². The first-order valence-corrected chi connectivity index (χ1v) is 7.04. The fraction of sp³-hybridized carbons (Fsp3) is 0. The van der Waals surface area contributed by atoms with Gasteiger partial charge in [0, 0.05) is 29.1 Å². The van der Waals surface area contributed by atoms with Crippen molar-refractivity contribution in [2.75, 3.05) is 5.32 Å². The van der Waals surface area contributed by atoms with Crippen molar-refractivity contribution in [1.82, 2.24) is 0 Å². The maximum atomic E-state index is 10.8. The van der Waals surface area contributed by atoms with Crippen LogP contribution < -0.4 is 5.32 Å². The number of para-hydroxylation sites is 1. The molecule has 114 valence electrons. The van der Waals surface area contributed by atoms with Gasteiger partial charge in [-0.1, -0.05) is 48.5 Å². The lowest BCUT2D eigenvalue weighted by Crippen LogP contribution is -1.94. The highest BCUT2D eigenvalue weighted by Gasteiger charge is 2.13. The molecule has 0 spiro atoms. The number of phenols is 1. The zero-order chi connectivity index (χ0) is 16.2. The minimum absolute atomic E-state index is 0.313. The Hall–Kier alpha value is -3.34. The molecule has 0 radical (unpaired) electrons. The lowest BCUT2D eigenvalue weighted by atomic mass is 10.0. The van der Waals surface area contributed by atoms with E-state index < -0.39 is 4.92 Å². The highest BCUT2D eigenvalue weighted by atomic mass is 16.6. The van der Waals surface area contributed by atoms with E-state index in [1.165, 1.54) is 12.1 Å². The number of hydrogen-bond acceptors (Lipinski definition) is 4. The molecule has 3 aromatic rings. The molecule has 0 aromatic heterocycles. The monoisotopic (exact) mass is 306 g/mol. The number of nitro groups is 1. The first kappa shape index (κ1) is 14.6. The molecule has 0 bridgehead atoms. The van der Waals surface area contributed by atoms with Crippen LogP contribution in [0.15, 0.2) is 72.8 Å². The van der Waals surface area contributed by atoms with Crippen LogP contribution in [-0.4, -0.2) is 10.0 Å². The summed E-state index contributed by atoms with van der Waals surface area (Å²) in [5.74, 6) is -0.364. The molecule has 23 heavy (non-hydrogen) atoms. The minimum atomic E-state index is -0.614. The SMILES string of the molecule is O=[N+]([O-])c1ccc(Nc2ccccc2-c2ccccc2)cc1O. The van der Waals surface area contributed by atoms with Crippen LogP contribution in [0.5, 0.6) is 5.75 Å². The molecule has 0 saturated heterocycles. The van der Waals surface area contributed by atoms with E-state index in [9.17, 15) is 15.2 Å². The third-order valence-electron chi connectivity index (χ3n) is 3.46. The van der Waals surface area contributed by atoms with E-state index in [0.29, 0.717) is 5.69 Å². The van der Waals surface area contributed by atoms with Gasteiger partial charge >= 0.3 is 5.69 Å². The van der Waals surface area contributed by atoms with Crippen molar-refractivity contribution >= 4 is 17.1 Å². The van der Waals surface area contributed by atoms with Crippen molar-refractivity contribution in [2.24, 2.45) is 0 Å². The number of nitrogens with one attached hydrogen (secondary N) is 1. The average molecular weight is 306 g/mol. The summed E-state index contributed by atoms with van der Waals surface area (Å²) >= 11 is 0. The Balaban J connectivity index is 1.95. The summed E-state index contributed by atoms with van der Waals surface area (Å²) in [6.45, 7) is 0. The second-order valence-corrected chi connectivity index (χ2v) is 5.00. The number of rotatable bonds is 4. The molecule has 0 unspecified atom stereocenters. The number of nitrogens with zero attached hydrogens (tertiary/aromatic N) is 1. The van der Waals surface area contributed by atoms with Gasteiger partial charge in [0.15, 0.2) is 5.75 Å². The van der Waals surface area contributed by atoms with E-state index in [-0.39, 0.29) is 11.4 Å². The van der Waals surface area contributed by atoms with Crippen LogP contribution >= 0.6 is 0 Å². The third-order valence-corrected chi connectivity index (χ3v) is 3.46. The zero-order valence-corrected chi connectivity index (χ0v) is 12.1. The number of hydrogen-bond donors (Lipinski definition) is 2. The van der Waals surface area contributed by atoms with Gasteiger partial charge in [-0.3, -0.25) is 10.1 Å². The second-order valence-electron chi connectivity index (χ2n) is 5.00. The van der Waals surface area contributed by atoms with Gasteiger partial charge < -0.3 is 10.4 Å². The summed E-state index contributed by atoms with van der Waals surface area (Å²) in [4.78, 5) is 10.1.